The first-order valence-corrected chi connectivity index (χ1v) is 8.72. The highest BCUT2D eigenvalue weighted by atomic mass is 16.3. The number of aliphatic hydroxyl groups excluding tert-OH is 1. The number of carbonyl (C=O) groups is 1. The molecule has 0 radical (unpaired) electrons. The number of hydrogen-bond donors (Lipinski definition) is 4. The first-order chi connectivity index (χ1) is 13.6. The molecule has 0 aromatic carbocycles. The van der Waals surface area contributed by atoms with Gasteiger partial charge in [0.05, 0.1) is 43.4 Å². The van der Waals surface area contributed by atoms with E-state index in [0.29, 0.717) is 35.8 Å². The monoisotopic (exact) mass is 381 g/mol. The van der Waals surface area contributed by atoms with Crippen LogP contribution in [0.3, 0.4) is 0 Å². The summed E-state index contributed by atoms with van der Waals surface area (Å²) in [4.78, 5) is 25.2. The Morgan fingerprint density at radius 2 is 2.29 bits per heavy atom. The molecule has 28 heavy (non-hydrogen) atoms. The minimum atomic E-state index is -0.651. The molecule has 144 valence electrons. The Kier molecular flexibility index (Phi) is 4.32. The molecular weight excluding hydrogens is 362 g/mol. The molecule has 0 unspecified atom stereocenters. The average Bonchev–Trinajstić information content (AvgIpc) is 3.28. The summed E-state index contributed by atoms with van der Waals surface area (Å²) in [6.07, 6.45) is 5.17. The third-order valence-electron chi connectivity index (χ3n) is 4.89. The van der Waals surface area contributed by atoms with Crippen LogP contribution in [0.2, 0.25) is 0 Å². The van der Waals surface area contributed by atoms with E-state index in [1.165, 1.54) is 6.33 Å². The fourth-order valence-electron chi connectivity index (χ4n) is 3.47. The number of aromatic amines is 1. The largest absolute Gasteiger partial charge is 0.395 e. The van der Waals surface area contributed by atoms with Crippen molar-refractivity contribution in [1.82, 2.24) is 34.9 Å². The lowest BCUT2D eigenvalue weighted by atomic mass is 9.87. The fraction of sp³-hybridized carbons (Fsp3) is 0.353. The maximum atomic E-state index is 12.1. The van der Waals surface area contributed by atoms with Gasteiger partial charge in [0, 0.05) is 24.3 Å². The lowest BCUT2D eigenvalue weighted by molar-refractivity contribution is 0.0344. The Morgan fingerprint density at radius 1 is 1.46 bits per heavy atom. The van der Waals surface area contributed by atoms with Gasteiger partial charge in [-0.25, -0.2) is 14.8 Å². The summed E-state index contributed by atoms with van der Waals surface area (Å²) in [6, 6.07) is 3.75. The van der Waals surface area contributed by atoms with Crippen LogP contribution in [0.4, 0.5) is 10.6 Å². The smallest absolute Gasteiger partial charge is 0.317 e. The van der Waals surface area contributed by atoms with Crippen molar-refractivity contribution in [3.8, 4) is 17.3 Å². The molecule has 4 heterocycles. The third-order valence-corrected chi connectivity index (χ3v) is 4.89. The second-order valence-electron chi connectivity index (χ2n) is 6.71. The summed E-state index contributed by atoms with van der Waals surface area (Å²) >= 11 is 0. The maximum absolute atomic E-state index is 12.1. The molecule has 0 bridgehead atoms. The zero-order valence-electron chi connectivity index (χ0n) is 15.0. The molecule has 1 aliphatic rings. The number of nitriles is 1. The summed E-state index contributed by atoms with van der Waals surface area (Å²) in [5.41, 5.74) is 7.50. The number of hydrogen-bond acceptors (Lipinski definition) is 7. The maximum Gasteiger partial charge on any atom is 0.317 e. The predicted molar refractivity (Wildman–Crippen MR) is 99.8 cm³/mol. The van der Waals surface area contributed by atoms with Crippen LogP contribution >= 0.6 is 0 Å². The van der Waals surface area contributed by atoms with E-state index in [1.807, 2.05) is 6.07 Å². The number of likely N-dealkylation sites (tertiary alicyclic amines) is 1. The molecule has 3 aromatic heterocycles. The van der Waals surface area contributed by atoms with Gasteiger partial charge in [-0.05, 0) is 6.07 Å². The van der Waals surface area contributed by atoms with Crippen LogP contribution < -0.4 is 11.1 Å². The van der Waals surface area contributed by atoms with Crippen LogP contribution in [0.25, 0.3) is 22.3 Å². The Bertz CT molecular complexity index is 1060. The van der Waals surface area contributed by atoms with Crippen LogP contribution in [0.5, 0.6) is 0 Å². The van der Waals surface area contributed by atoms with Crippen LogP contribution in [0, 0.1) is 11.3 Å². The van der Waals surface area contributed by atoms with Gasteiger partial charge in [0.25, 0.3) is 0 Å². The molecule has 1 fully saturated rings. The molecule has 11 nitrogen and oxygen atoms in total. The number of anilines is 1. The summed E-state index contributed by atoms with van der Waals surface area (Å²) < 4.78 is 1.66. The number of fused-ring (bicyclic) bond motifs is 1. The van der Waals surface area contributed by atoms with E-state index >= 15 is 0 Å². The van der Waals surface area contributed by atoms with Crippen molar-refractivity contribution in [3.05, 3.63) is 24.8 Å². The first-order valence-electron chi connectivity index (χ1n) is 8.72. The second-order valence-corrected chi connectivity index (χ2v) is 6.71. The number of rotatable bonds is 5. The van der Waals surface area contributed by atoms with E-state index in [9.17, 15) is 10.1 Å². The molecule has 2 amide bonds. The quantitative estimate of drug-likeness (QED) is 0.484. The van der Waals surface area contributed by atoms with Crippen LogP contribution in [0.1, 0.15) is 6.42 Å². The van der Waals surface area contributed by atoms with Crippen molar-refractivity contribution in [2.75, 3.05) is 32.0 Å². The molecule has 4 rings (SSSR count). The van der Waals surface area contributed by atoms with E-state index in [4.69, 9.17) is 10.8 Å². The zero-order valence-corrected chi connectivity index (χ0v) is 15.0. The minimum absolute atomic E-state index is 0.130. The number of urea groups is 1. The van der Waals surface area contributed by atoms with Crippen molar-refractivity contribution in [2.45, 2.75) is 12.0 Å². The van der Waals surface area contributed by atoms with Gasteiger partial charge < -0.3 is 26.0 Å². The van der Waals surface area contributed by atoms with Gasteiger partial charge in [-0.15, -0.1) is 0 Å². The molecular formula is C17H19N9O2. The number of amides is 2. The Labute approximate surface area is 159 Å². The molecule has 0 saturated carbocycles. The lowest BCUT2D eigenvalue weighted by Gasteiger charge is -2.48. The summed E-state index contributed by atoms with van der Waals surface area (Å²) in [5.74, 6) is 0.293. The lowest BCUT2D eigenvalue weighted by Crippen LogP contribution is -2.66. The van der Waals surface area contributed by atoms with Gasteiger partial charge in [-0.1, -0.05) is 0 Å². The second kappa shape index (κ2) is 6.82. The molecule has 11 heteroatoms. The van der Waals surface area contributed by atoms with Crippen molar-refractivity contribution in [1.29, 1.82) is 5.26 Å². The first kappa shape index (κ1) is 17.7. The van der Waals surface area contributed by atoms with E-state index in [1.54, 1.807) is 22.0 Å². The van der Waals surface area contributed by atoms with Gasteiger partial charge >= 0.3 is 6.03 Å². The Morgan fingerprint density at radius 3 is 3.04 bits per heavy atom. The van der Waals surface area contributed by atoms with Gasteiger partial charge in [0.1, 0.15) is 17.5 Å². The highest BCUT2D eigenvalue weighted by Crippen LogP contribution is 2.36. The minimum Gasteiger partial charge on any atom is -0.395 e. The molecule has 0 aliphatic carbocycles. The number of nitrogens with two attached hydrogens (primary N) is 1. The summed E-state index contributed by atoms with van der Waals surface area (Å²) in [5, 5.41) is 26.0. The summed E-state index contributed by atoms with van der Waals surface area (Å²) in [6.45, 7) is 0.692. The molecule has 5 N–H and O–H groups in total. The number of carbonyl (C=O) groups excluding carboxylic acids is 1. The fourth-order valence-corrected chi connectivity index (χ4v) is 3.47. The average molecular weight is 381 g/mol. The van der Waals surface area contributed by atoms with Gasteiger partial charge in [-0.2, -0.15) is 10.4 Å². The van der Waals surface area contributed by atoms with Gasteiger partial charge in [-0.3, -0.25) is 4.68 Å². The summed E-state index contributed by atoms with van der Waals surface area (Å²) in [7, 11) is 0. The van der Waals surface area contributed by atoms with Crippen LogP contribution in [0.15, 0.2) is 24.8 Å². The van der Waals surface area contributed by atoms with Crippen molar-refractivity contribution >= 4 is 22.9 Å². The molecule has 1 saturated heterocycles. The number of nitrogen functional groups attached to an aromatic ring is 1. The number of aliphatic hydroxyl groups is 1. The number of H-pyrrole nitrogens is 1. The van der Waals surface area contributed by atoms with Crippen molar-refractivity contribution in [3.63, 3.8) is 0 Å². The number of aromatic nitrogens is 5. The molecule has 1 aliphatic heterocycles. The predicted octanol–water partition coefficient (Wildman–Crippen LogP) is 0.0301. The normalized spacial score (nSPS) is 15.2. The van der Waals surface area contributed by atoms with Crippen molar-refractivity contribution < 1.29 is 9.90 Å². The van der Waals surface area contributed by atoms with E-state index in [0.717, 1.165) is 5.39 Å². The standard InChI is InChI=1S/C17H19N9O2/c18-3-2-17(8-25(9-17)16(28)21-5-6-27)26-7-12(14(19)24-26)13-11-1-4-20-15(11)23-10-22-13/h1,4,7,10,27H,2,5-6,8-9H2,(H2,19,24)(H,21,28)(H,20,22,23). The highest BCUT2D eigenvalue weighted by Gasteiger charge is 2.48. The number of nitrogens with zero attached hydrogens (tertiary/aromatic N) is 6. The highest BCUT2D eigenvalue weighted by molar-refractivity contribution is 5.93. The number of nitrogens with one attached hydrogen (secondary N) is 2. The molecule has 0 atom stereocenters. The Hall–Kier alpha value is -3.65. The topological polar surface area (TPSA) is 162 Å². The van der Waals surface area contributed by atoms with Crippen molar-refractivity contribution in [2.24, 2.45) is 0 Å². The van der Waals surface area contributed by atoms with E-state index < -0.39 is 5.54 Å². The van der Waals surface area contributed by atoms with Crippen LogP contribution in [-0.4, -0.2) is 67.0 Å². The van der Waals surface area contributed by atoms with E-state index in [-0.39, 0.29) is 25.6 Å². The molecule has 3 aromatic rings. The van der Waals surface area contributed by atoms with Crippen LogP contribution in [-0.2, 0) is 5.54 Å². The van der Waals surface area contributed by atoms with Gasteiger partial charge in [0.2, 0.25) is 0 Å². The van der Waals surface area contributed by atoms with E-state index in [2.05, 4.69) is 31.4 Å². The third kappa shape index (κ3) is 2.80. The Balaban J connectivity index is 1.64. The SMILES string of the molecule is N#CCC1(n2cc(-c3ncnc4[nH]ccc34)c(N)n2)CN(C(=O)NCCO)C1. The molecule has 0 spiro atoms. The zero-order chi connectivity index (χ0) is 19.7. The van der Waals surface area contributed by atoms with Gasteiger partial charge in [0.15, 0.2) is 5.82 Å².